The molecule has 1 aliphatic heterocycles. The van der Waals surface area contributed by atoms with Crippen LogP contribution in [0.4, 0.5) is 5.82 Å². The lowest BCUT2D eigenvalue weighted by atomic mass is 10.1. The maximum absolute atomic E-state index is 12.2. The first-order valence-corrected chi connectivity index (χ1v) is 5.83. The minimum absolute atomic E-state index is 0.000787. The van der Waals surface area contributed by atoms with E-state index in [-0.39, 0.29) is 12.0 Å². The molecule has 2 heterocycles. The van der Waals surface area contributed by atoms with Crippen LogP contribution in [0.5, 0.6) is 0 Å². The van der Waals surface area contributed by atoms with Gasteiger partial charge in [0.25, 0.3) is 5.91 Å². The second-order valence-electron chi connectivity index (χ2n) is 4.12. The summed E-state index contributed by atoms with van der Waals surface area (Å²) in [5, 5.41) is 0. The largest absolute Gasteiger partial charge is 0.384 e. The number of hydrogen-bond acceptors (Lipinski definition) is 4. The molecule has 5 nitrogen and oxygen atoms in total. The molecule has 0 saturated carbocycles. The predicted octanol–water partition coefficient (Wildman–Crippen LogP) is 0.915. The summed E-state index contributed by atoms with van der Waals surface area (Å²) >= 11 is 0. The first-order valence-electron chi connectivity index (χ1n) is 5.83. The Morgan fingerprint density at radius 2 is 2.53 bits per heavy atom. The van der Waals surface area contributed by atoms with Crippen LogP contribution in [0.15, 0.2) is 18.3 Å². The Bertz CT molecular complexity index is 408. The number of nitrogen functional groups attached to an aromatic ring is 1. The van der Waals surface area contributed by atoms with E-state index in [1.807, 2.05) is 4.90 Å². The number of carbonyl (C=O) groups is 1. The highest BCUT2D eigenvalue weighted by Crippen LogP contribution is 2.13. The Morgan fingerprint density at radius 1 is 1.71 bits per heavy atom. The molecule has 5 heteroatoms. The highest BCUT2D eigenvalue weighted by Gasteiger charge is 2.23. The zero-order valence-electron chi connectivity index (χ0n) is 9.93. The van der Waals surface area contributed by atoms with Crippen LogP contribution in [0.2, 0.25) is 0 Å². The van der Waals surface area contributed by atoms with Crippen molar-refractivity contribution in [2.75, 3.05) is 25.4 Å². The van der Waals surface area contributed by atoms with E-state index in [1.165, 1.54) is 0 Å². The number of morpholine rings is 1. The molecule has 0 spiro atoms. The number of ether oxygens (including phenoxy) is 1. The zero-order chi connectivity index (χ0) is 12.3. The van der Waals surface area contributed by atoms with Gasteiger partial charge in [0.15, 0.2) is 0 Å². The fourth-order valence-corrected chi connectivity index (χ4v) is 1.91. The fourth-order valence-electron chi connectivity index (χ4n) is 1.91. The topological polar surface area (TPSA) is 68.5 Å². The average molecular weight is 235 g/mol. The van der Waals surface area contributed by atoms with Crippen molar-refractivity contribution in [3.63, 3.8) is 0 Å². The lowest BCUT2D eigenvalue weighted by Gasteiger charge is -2.32. The number of pyridine rings is 1. The van der Waals surface area contributed by atoms with E-state index >= 15 is 0 Å². The van der Waals surface area contributed by atoms with Gasteiger partial charge in [-0.15, -0.1) is 0 Å². The Kier molecular flexibility index (Phi) is 3.58. The number of amides is 1. The van der Waals surface area contributed by atoms with Crippen molar-refractivity contribution in [2.24, 2.45) is 0 Å². The lowest BCUT2D eigenvalue weighted by molar-refractivity contribution is -0.0226. The van der Waals surface area contributed by atoms with Crippen LogP contribution >= 0.6 is 0 Å². The summed E-state index contributed by atoms with van der Waals surface area (Å²) in [7, 11) is 0. The lowest BCUT2D eigenvalue weighted by Crippen LogP contribution is -2.45. The van der Waals surface area contributed by atoms with Crippen molar-refractivity contribution in [1.82, 2.24) is 9.88 Å². The van der Waals surface area contributed by atoms with E-state index in [0.29, 0.717) is 31.1 Å². The van der Waals surface area contributed by atoms with Gasteiger partial charge in [0.2, 0.25) is 0 Å². The Balaban J connectivity index is 2.09. The monoisotopic (exact) mass is 235 g/mol. The summed E-state index contributed by atoms with van der Waals surface area (Å²) in [6.07, 6.45) is 2.62. The van der Waals surface area contributed by atoms with Gasteiger partial charge in [-0.1, -0.05) is 6.92 Å². The van der Waals surface area contributed by atoms with Crippen molar-refractivity contribution in [3.05, 3.63) is 23.9 Å². The molecule has 92 valence electrons. The molecule has 1 saturated heterocycles. The molecular weight excluding hydrogens is 218 g/mol. The Labute approximate surface area is 101 Å². The normalized spacial score (nSPS) is 20.3. The highest BCUT2D eigenvalue weighted by molar-refractivity contribution is 5.94. The van der Waals surface area contributed by atoms with Gasteiger partial charge in [0.1, 0.15) is 5.82 Å². The van der Waals surface area contributed by atoms with Gasteiger partial charge >= 0.3 is 0 Å². The summed E-state index contributed by atoms with van der Waals surface area (Å²) in [5.74, 6) is 0.372. The van der Waals surface area contributed by atoms with Crippen molar-refractivity contribution >= 4 is 11.7 Å². The van der Waals surface area contributed by atoms with E-state index in [2.05, 4.69) is 11.9 Å². The van der Waals surface area contributed by atoms with Crippen molar-refractivity contribution in [3.8, 4) is 0 Å². The molecule has 0 aromatic carbocycles. The number of hydrogen-bond donors (Lipinski definition) is 1. The quantitative estimate of drug-likeness (QED) is 0.827. The van der Waals surface area contributed by atoms with Crippen molar-refractivity contribution in [2.45, 2.75) is 19.4 Å². The maximum atomic E-state index is 12.2. The molecule has 1 atom stereocenters. The van der Waals surface area contributed by atoms with Crippen LogP contribution in [0, 0.1) is 0 Å². The molecule has 17 heavy (non-hydrogen) atoms. The first-order chi connectivity index (χ1) is 8.20. The predicted molar refractivity (Wildman–Crippen MR) is 64.6 cm³/mol. The van der Waals surface area contributed by atoms with Gasteiger partial charge < -0.3 is 15.4 Å². The summed E-state index contributed by atoms with van der Waals surface area (Å²) in [5.41, 5.74) is 6.16. The number of anilines is 1. The molecule has 2 rings (SSSR count). The average Bonchev–Trinajstić information content (AvgIpc) is 2.38. The zero-order valence-corrected chi connectivity index (χ0v) is 9.93. The smallest absolute Gasteiger partial charge is 0.254 e. The van der Waals surface area contributed by atoms with Crippen LogP contribution in [-0.2, 0) is 4.74 Å². The van der Waals surface area contributed by atoms with Gasteiger partial charge in [-0.05, 0) is 18.6 Å². The van der Waals surface area contributed by atoms with Gasteiger partial charge in [0.05, 0.1) is 12.7 Å². The molecule has 0 aliphatic carbocycles. The Morgan fingerprint density at radius 3 is 3.24 bits per heavy atom. The van der Waals surface area contributed by atoms with E-state index in [1.54, 1.807) is 18.3 Å². The molecule has 1 aromatic heterocycles. The standard InChI is InChI=1S/C12H17N3O2/c1-2-10-8-15(5-6-17-10)12(16)9-3-4-14-11(13)7-9/h3-4,7,10H,2,5-6,8H2,1H3,(H2,13,14). The molecule has 0 bridgehead atoms. The first kappa shape index (κ1) is 11.9. The molecule has 0 radical (unpaired) electrons. The second-order valence-corrected chi connectivity index (χ2v) is 4.12. The third kappa shape index (κ3) is 2.74. The van der Waals surface area contributed by atoms with E-state index in [4.69, 9.17) is 10.5 Å². The summed E-state index contributed by atoms with van der Waals surface area (Å²) in [4.78, 5) is 17.9. The van der Waals surface area contributed by atoms with Gasteiger partial charge in [-0.2, -0.15) is 0 Å². The molecule has 1 aliphatic rings. The van der Waals surface area contributed by atoms with Crippen LogP contribution in [0.1, 0.15) is 23.7 Å². The minimum atomic E-state index is 0.000787. The molecule has 1 unspecified atom stereocenters. The second kappa shape index (κ2) is 5.14. The molecule has 2 N–H and O–H groups in total. The van der Waals surface area contributed by atoms with Crippen molar-refractivity contribution in [1.29, 1.82) is 0 Å². The third-order valence-electron chi connectivity index (χ3n) is 2.91. The van der Waals surface area contributed by atoms with Gasteiger partial charge in [0, 0.05) is 24.8 Å². The molecule has 1 aromatic rings. The number of nitrogens with zero attached hydrogens (tertiary/aromatic N) is 2. The number of nitrogens with two attached hydrogens (primary N) is 1. The number of rotatable bonds is 2. The van der Waals surface area contributed by atoms with Crippen molar-refractivity contribution < 1.29 is 9.53 Å². The summed E-state index contributed by atoms with van der Waals surface area (Å²) in [6.45, 7) is 3.95. The molecule has 1 amide bonds. The van der Waals surface area contributed by atoms with Crippen LogP contribution in [0.25, 0.3) is 0 Å². The summed E-state index contributed by atoms with van der Waals surface area (Å²) < 4.78 is 5.54. The van der Waals surface area contributed by atoms with Gasteiger partial charge in [-0.3, -0.25) is 4.79 Å². The number of aromatic nitrogens is 1. The SMILES string of the molecule is CCC1CN(C(=O)c2ccnc(N)c2)CCO1. The third-order valence-corrected chi connectivity index (χ3v) is 2.91. The van der Waals surface area contributed by atoms with Crippen LogP contribution < -0.4 is 5.73 Å². The van der Waals surface area contributed by atoms with E-state index < -0.39 is 0 Å². The highest BCUT2D eigenvalue weighted by atomic mass is 16.5. The van der Waals surface area contributed by atoms with E-state index in [9.17, 15) is 4.79 Å². The van der Waals surface area contributed by atoms with Crippen LogP contribution in [-0.4, -0.2) is 41.6 Å². The molecular formula is C12H17N3O2. The Hall–Kier alpha value is -1.62. The van der Waals surface area contributed by atoms with E-state index in [0.717, 1.165) is 6.42 Å². The van der Waals surface area contributed by atoms with Crippen LogP contribution in [0.3, 0.4) is 0 Å². The number of carbonyl (C=O) groups excluding carboxylic acids is 1. The molecule has 1 fully saturated rings. The maximum Gasteiger partial charge on any atom is 0.254 e. The fraction of sp³-hybridized carbons (Fsp3) is 0.500. The summed E-state index contributed by atoms with van der Waals surface area (Å²) in [6, 6.07) is 3.30. The van der Waals surface area contributed by atoms with Gasteiger partial charge in [-0.25, -0.2) is 4.98 Å². The minimum Gasteiger partial charge on any atom is -0.384 e.